The predicted molar refractivity (Wildman–Crippen MR) is 101 cm³/mol. The highest BCUT2D eigenvalue weighted by molar-refractivity contribution is 5.60. The van der Waals surface area contributed by atoms with E-state index in [0.29, 0.717) is 11.2 Å². The molecule has 3 aliphatic carbocycles. The summed E-state index contributed by atoms with van der Waals surface area (Å²) in [6, 6.07) is 4.36. The van der Waals surface area contributed by atoms with Crippen LogP contribution in [0.15, 0.2) is 18.2 Å². The molecule has 0 spiro atoms. The lowest BCUT2D eigenvalue weighted by Gasteiger charge is -2.51. The molecule has 0 aliphatic heterocycles. The highest BCUT2D eigenvalue weighted by Crippen LogP contribution is 2.63. The molecule has 1 heteroatoms. The predicted octanol–water partition coefficient (Wildman–Crippen LogP) is 6.31. The van der Waals surface area contributed by atoms with E-state index < -0.39 is 0 Å². The van der Waals surface area contributed by atoms with Crippen LogP contribution in [0.1, 0.15) is 81.9 Å². The topological polar surface area (TPSA) is 20.2 Å². The molecule has 1 aromatic rings. The quantitative estimate of drug-likeness (QED) is 0.676. The largest absolute Gasteiger partial charge is 0.507 e. The zero-order valence-electron chi connectivity index (χ0n) is 15.5. The average Bonchev–Trinajstić information content (AvgIpc) is 2.92. The van der Waals surface area contributed by atoms with Gasteiger partial charge in [0.25, 0.3) is 0 Å². The molecule has 5 atom stereocenters. The van der Waals surface area contributed by atoms with E-state index in [2.05, 4.69) is 32.1 Å². The molecule has 0 unspecified atom stereocenters. The SMILES string of the molecule is CC=Cc1cc2c(cc1O)CC[C@@H]1[C@@H]2CC[C@]2(C)[C@@H](CC)CC[C@@H]12. The lowest BCUT2D eigenvalue weighted by atomic mass is 9.54. The first kappa shape index (κ1) is 16.2. The lowest BCUT2D eigenvalue weighted by molar-refractivity contribution is 0.0273. The summed E-state index contributed by atoms with van der Waals surface area (Å²) in [5.74, 6) is 3.93. The second-order valence-electron chi connectivity index (χ2n) is 8.75. The van der Waals surface area contributed by atoms with Crippen molar-refractivity contribution in [3.05, 3.63) is 34.9 Å². The summed E-state index contributed by atoms with van der Waals surface area (Å²) in [5, 5.41) is 10.3. The molecule has 24 heavy (non-hydrogen) atoms. The van der Waals surface area contributed by atoms with Crippen LogP contribution in [0.4, 0.5) is 0 Å². The molecule has 0 heterocycles. The Bertz CT molecular complexity index is 658. The molecule has 130 valence electrons. The summed E-state index contributed by atoms with van der Waals surface area (Å²) in [4.78, 5) is 0. The molecule has 3 aliphatic rings. The van der Waals surface area contributed by atoms with Crippen LogP contribution < -0.4 is 0 Å². The minimum absolute atomic E-state index is 0.456. The molecule has 4 rings (SSSR count). The first-order valence-corrected chi connectivity index (χ1v) is 10.1. The Morgan fingerprint density at radius 3 is 2.79 bits per heavy atom. The fourth-order valence-corrected chi connectivity index (χ4v) is 6.72. The van der Waals surface area contributed by atoms with Gasteiger partial charge in [0.2, 0.25) is 0 Å². The van der Waals surface area contributed by atoms with Crippen molar-refractivity contribution in [3.8, 4) is 5.75 Å². The van der Waals surface area contributed by atoms with Gasteiger partial charge in [0.05, 0.1) is 0 Å². The first-order valence-electron chi connectivity index (χ1n) is 10.1. The maximum absolute atomic E-state index is 10.3. The number of rotatable bonds is 2. The molecule has 2 fully saturated rings. The van der Waals surface area contributed by atoms with Crippen LogP contribution in [-0.2, 0) is 6.42 Å². The van der Waals surface area contributed by atoms with Gasteiger partial charge in [0.1, 0.15) is 5.75 Å². The van der Waals surface area contributed by atoms with Gasteiger partial charge >= 0.3 is 0 Å². The van der Waals surface area contributed by atoms with Crippen molar-refractivity contribution in [2.45, 2.75) is 71.6 Å². The van der Waals surface area contributed by atoms with Crippen LogP contribution in [-0.4, -0.2) is 5.11 Å². The van der Waals surface area contributed by atoms with E-state index in [1.165, 1.54) is 44.1 Å². The molecule has 0 amide bonds. The lowest BCUT2D eigenvalue weighted by Crippen LogP contribution is -2.42. The zero-order chi connectivity index (χ0) is 16.9. The van der Waals surface area contributed by atoms with E-state index in [1.54, 1.807) is 5.56 Å². The van der Waals surface area contributed by atoms with Crippen LogP contribution in [0.3, 0.4) is 0 Å². The van der Waals surface area contributed by atoms with Gasteiger partial charge in [-0.25, -0.2) is 0 Å². The second kappa shape index (κ2) is 5.93. The Morgan fingerprint density at radius 2 is 2.04 bits per heavy atom. The summed E-state index contributed by atoms with van der Waals surface area (Å²) in [6.45, 7) is 7.02. The van der Waals surface area contributed by atoms with E-state index in [4.69, 9.17) is 0 Å². The number of aromatic hydroxyl groups is 1. The number of benzene rings is 1. The molecule has 0 bridgehead atoms. The standard InChI is InChI=1S/C23H32O/c1-4-6-16-13-20-15(14-22(16)24)7-9-19-18(20)11-12-23(3)17(5-2)8-10-21(19)23/h4,6,13-14,17-19,21,24H,5,7-12H2,1-3H3/t17-,18-,19+,21-,23+/m0/s1. The molecular formula is C23H32O. The van der Waals surface area contributed by atoms with Crippen molar-refractivity contribution in [1.29, 1.82) is 0 Å². The van der Waals surface area contributed by atoms with Gasteiger partial charge < -0.3 is 5.11 Å². The smallest absolute Gasteiger partial charge is 0.123 e. The average molecular weight is 325 g/mol. The summed E-state index contributed by atoms with van der Waals surface area (Å²) in [7, 11) is 0. The van der Waals surface area contributed by atoms with Crippen molar-refractivity contribution in [1.82, 2.24) is 0 Å². The van der Waals surface area contributed by atoms with Gasteiger partial charge in [-0.05, 0) is 97.8 Å². The fourth-order valence-electron chi connectivity index (χ4n) is 6.72. The summed E-state index contributed by atoms with van der Waals surface area (Å²) in [6.07, 6.45) is 13.6. The number of hydrogen-bond acceptors (Lipinski definition) is 1. The summed E-state index contributed by atoms with van der Waals surface area (Å²) in [5.41, 5.74) is 4.56. The monoisotopic (exact) mass is 324 g/mol. The fraction of sp³-hybridized carbons (Fsp3) is 0.652. The van der Waals surface area contributed by atoms with Gasteiger partial charge in [-0.15, -0.1) is 0 Å². The molecule has 0 saturated heterocycles. The van der Waals surface area contributed by atoms with E-state index in [1.807, 2.05) is 13.0 Å². The molecule has 1 aromatic carbocycles. The van der Waals surface area contributed by atoms with Crippen LogP contribution in [0, 0.1) is 23.2 Å². The maximum atomic E-state index is 10.3. The van der Waals surface area contributed by atoms with E-state index >= 15 is 0 Å². The Balaban J connectivity index is 1.70. The maximum Gasteiger partial charge on any atom is 0.123 e. The van der Waals surface area contributed by atoms with Gasteiger partial charge in [-0.1, -0.05) is 32.4 Å². The van der Waals surface area contributed by atoms with Crippen molar-refractivity contribution < 1.29 is 5.11 Å². The van der Waals surface area contributed by atoms with Crippen LogP contribution in [0.25, 0.3) is 6.08 Å². The molecule has 0 aromatic heterocycles. The minimum Gasteiger partial charge on any atom is -0.507 e. The third kappa shape index (κ3) is 2.27. The van der Waals surface area contributed by atoms with E-state index in [-0.39, 0.29) is 0 Å². The first-order chi connectivity index (χ1) is 11.6. The highest BCUT2D eigenvalue weighted by atomic mass is 16.3. The minimum atomic E-state index is 0.456. The van der Waals surface area contributed by atoms with Gasteiger partial charge in [-0.2, -0.15) is 0 Å². The summed E-state index contributed by atoms with van der Waals surface area (Å²) < 4.78 is 0. The molecule has 1 nitrogen and oxygen atoms in total. The van der Waals surface area contributed by atoms with Crippen LogP contribution in [0.2, 0.25) is 0 Å². The Labute approximate surface area is 147 Å². The van der Waals surface area contributed by atoms with Gasteiger partial charge in [0, 0.05) is 5.56 Å². The third-order valence-corrected chi connectivity index (χ3v) is 7.91. The van der Waals surface area contributed by atoms with Crippen molar-refractivity contribution in [3.63, 3.8) is 0 Å². The number of aryl methyl sites for hydroxylation is 1. The number of allylic oxidation sites excluding steroid dienone is 1. The Hall–Kier alpha value is -1.24. The van der Waals surface area contributed by atoms with Crippen LogP contribution in [0.5, 0.6) is 5.75 Å². The van der Waals surface area contributed by atoms with Crippen LogP contribution >= 0.6 is 0 Å². The van der Waals surface area contributed by atoms with Gasteiger partial charge in [0.15, 0.2) is 0 Å². The molecule has 1 N–H and O–H groups in total. The Morgan fingerprint density at radius 1 is 1.21 bits per heavy atom. The van der Waals surface area contributed by atoms with E-state index in [0.717, 1.165) is 35.7 Å². The van der Waals surface area contributed by atoms with E-state index in [9.17, 15) is 5.11 Å². The number of phenolic OH excluding ortho intramolecular Hbond substituents is 1. The third-order valence-electron chi connectivity index (χ3n) is 7.91. The van der Waals surface area contributed by atoms with Gasteiger partial charge in [-0.3, -0.25) is 0 Å². The molecule has 2 saturated carbocycles. The van der Waals surface area contributed by atoms with Crippen molar-refractivity contribution in [2.75, 3.05) is 0 Å². The Kier molecular flexibility index (Phi) is 4.01. The number of hydrogen-bond donors (Lipinski definition) is 1. The molecular weight excluding hydrogens is 292 g/mol. The second-order valence-corrected chi connectivity index (χ2v) is 8.75. The van der Waals surface area contributed by atoms with Crippen molar-refractivity contribution >= 4 is 6.08 Å². The molecule has 0 radical (unpaired) electrons. The number of phenols is 1. The summed E-state index contributed by atoms with van der Waals surface area (Å²) >= 11 is 0. The zero-order valence-corrected chi connectivity index (χ0v) is 15.5. The normalized spacial score (nSPS) is 38.0. The highest BCUT2D eigenvalue weighted by Gasteiger charge is 2.53. The number of fused-ring (bicyclic) bond motifs is 5. The van der Waals surface area contributed by atoms with Crippen molar-refractivity contribution in [2.24, 2.45) is 23.2 Å².